The van der Waals surface area contributed by atoms with Crippen molar-refractivity contribution >= 4 is 11.7 Å². The number of nitrogens with two attached hydrogens (primary N) is 1. The summed E-state index contributed by atoms with van der Waals surface area (Å²) in [6.07, 6.45) is 1.47. The van der Waals surface area contributed by atoms with E-state index in [4.69, 9.17) is 15.6 Å². The maximum Gasteiger partial charge on any atom is 0.335 e. The third-order valence-corrected chi connectivity index (χ3v) is 2.75. The van der Waals surface area contributed by atoms with Crippen LogP contribution in [0, 0.1) is 0 Å². The van der Waals surface area contributed by atoms with Crippen LogP contribution in [0.5, 0.6) is 5.75 Å². The second kappa shape index (κ2) is 5.60. The molecule has 2 aromatic rings. The predicted octanol–water partition coefficient (Wildman–Crippen LogP) is 1.72. The van der Waals surface area contributed by atoms with Gasteiger partial charge in [-0.3, -0.25) is 0 Å². The highest BCUT2D eigenvalue weighted by Gasteiger charge is 2.11. The van der Waals surface area contributed by atoms with Gasteiger partial charge in [0.15, 0.2) is 5.82 Å². The number of hydrogen-bond acceptors (Lipinski definition) is 5. The Morgan fingerprint density at radius 1 is 1.50 bits per heavy atom. The van der Waals surface area contributed by atoms with Crippen molar-refractivity contribution in [3.05, 3.63) is 35.9 Å². The molecule has 7 nitrogen and oxygen atoms in total. The van der Waals surface area contributed by atoms with Crippen LogP contribution in [0.3, 0.4) is 0 Å². The number of nitrogens with zero attached hydrogens (tertiary/aromatic N) is 3. The van der Waals surface area contributed by atoms with Gasteiger partial charge in [0.05, 0.1) is 11.3 Å². The van der Waals surface area contributed by atoms with E-state index in [0.717, 1.165) is 0 Å². The van der Waals surface area contributed by atoms with Gasteiger partial charge in [0.2, 0.25) is 0 Å². The van der Waals surface area contributed by atoms with Gasteiger partial charge in [-0.15, -0.1) is 0 Å². The Kier molecular flexibility index (Phi) is 3.88. The van der Waals surface area contributed by atoms with Gasteiger partial charge in [0.25, 0.3) is 0 Å². The molecule has 0 aliphatic rings. The van der Waals surface area contributed by atoms with E-state index in [1.165, 1.54) is 24.5 Å². The number of hydrogen-bond donors (Lipinski definition) is 2. The van der Waals surface area contributed by atoms with Crippen molar-refractivity contribution in [1.29, 1.82) is 0 Å². The lowest BCUT2D eigenvalue weighted by Gasteiger charge is -2.12. The molecule has 0 fully saturated rings. The lowest BCUT2D eigenvalue weighted by Crippen LogP contribution is -2.11. The zero-order valence-corrected chi connectivity index (χ0v) is 11.3. The Morgan fingerprint density at radius 2 is 2.25 bits per heavy atom. The van der Waals surface area contributed by atoms with Gasteiger partial charge in [-0.1, -0.05) is 0 Å². The SMILES string of the molecule is CC(C)n1ncnc1COc1ccc(C(=O)O)cc1N. The van der Waals surface area contributed by atoms with Gasteiger partial charge >= 0.3 is 5.97 Å². The summed E-state index contributed by atoms with van der Waals surface area (Å²) in [5.41, 5.74) is 6.17. The maximum atomic E-state index is 10.8. The Morgan fingerprint density at radius 3 is 2.85 bits per heavy atom. The Hall–Kier alpha value is -2.57. The Bertz CT molecular complexity index is 622. The summed E-state index contributed by atoms with van der Waals surface area (Å²) < 4.78 is 7.32. The molecule has 0 saturated heterocycles. The molecule has 1 aromatic heterocycles. The molecule has 3 N–H and O–H groups in total. The van der Waals surface area contributed by atoms with Gasteiger partial charge in [-0.2, -0.15) is 5.10 Å². The number of carbonyl (C=O) groups is 1. The minimum absolute atomic E-state index is 0.125. The average Bonchev–Trinajstić information content (AvgIpc) is 2.85. The van der Waals surface area contributed by atoms with Crippen molar-refractivity contribution in [2.75, 3.05) is 5.73 Å². The lowest BCUT2D eigenvalue weighted by molar-refractivity contribution is 0.0697. The molecule has 0 radical (unpaired) electrons. The summed E-state index contributed by atoms with van der Waals surface area (Å²) in [6.45, 7) is 4.21. The van der Waals surface area contributed by atoms with Gasteiger partial charge in [0, 0.05) is 6.04 Å². The number of carboxylic acids is 1. The first kappa shape index (κ1) is 13.9. The van der Waals surface area contributed by atoms with Crippen molar-refractivity contribution in [3.8, 4) is 5.75 Å². The normalized spacial score (nSPS) is 10.8. The second-order valence-electron chi connectivity index (χ2n) is 4.56. The molecular weight excluding hydrogens is 260 g/mol. The quantitative estimate of drug-likeness (QED) is 0.806. The number of nitrogen functional groups attached to an aromatic ring is 1. The van der Waals surface area contributed by atoms with Crippen LogP contribution < -0.4 is 10.5 Å². The van der Waals surface area contributed by atoms with E-state index < -0.39 is 5.97 Å². The molecule has 0 bridgehead atoms. The molecule has 0 saturated carbocycles. The van der Waals surface area contributed by atoms with Gasteiger partial charge in [-0.05, 0) is 32.0 Å². The van der Waals surface area contributed by atoms with E-state index in [1.54, 1.807) is 4.68 Å². The first-order chi connectivity index (χ1) is 9.49. The smallest absolute Gasteiger partial charge is 0.335 e. The van der Waals surface area contributed by atoms with Crippen LogP contribution in [-0.2, 0) is 6.61 Å². The van der Waals surface area contributed by atoms with E-state index in [-0.39, 0.29) is 23.9 Å². The van der Waals surface area contributed by atoms with E-state index in [0.29, 0.717) is 11.6 Å². The molecule has 0 aliphatic carbocycles. The lowest BCUT2D eigenvalue weighted by atomic mass is 10.2. The molecule has 0 atom stereocenters. The van der Waals surface area contributed by atoms with Gasteiger partial charge in [0.1, 0.15) is 18.7 Å². The highest BCUT2D eigenvalue weighted by molar-refractivity contribution is 5.89. The highest BCUT2D eigenvalue weighted by Crippen LogP contribution is 2.23. The molecule has 106 valence electrons. The van der Waals surface area contributed by atoms with Crippen LogP contribution in [-0.4, -0.2) is 25.8 Å². The van der Waals surface area contributed by atoms with Crippen molar-refractivity contribution in [2.24, 2.45) is 0 Å². The van der Waals surface area contributed by atoms with E-state index in [2.05, 4.69) is 10.1 Å². The minimum Gasteiger partial charge on any atom is -0.483 e. The fraction of sp³-hybridized carbons (Fsp3) is 0.308. The van der Waals surface area contributed by atoms with Crippen LogP contribution in [0.2, 0.25) is 0 Å². The highest BCUT2D eigenvalue weighted by atomic mass is 16.5. The van der Waals surface area contributed by atoms with Crippen LogP contribution in [0.4, 0.5) is 5.69 Å². The minimum atomic E-state index is -1.03. The summed E-state index contributed by atoms with van der Waals surface area (Å²) in [6, 6.07) is 4.53. The van der Waals surface area contributed by atoms with E-state index in [9.17, 15) is 4.79 Å². The van der Waals surface area contributed by atoms with Crippen molar-refractivity contribution in [3.63, 3.8) is 0 Å². The Labute approximate surface area is 116 Å². The summed E-state index contributed by atoms with van der Waals surface area (Å²) in [5, 5.41) is 13.0. The first-order valence-electron chi connectivity index (χ1n) is 6.13. The largest absolute Gasteiger partial charge is 0.483 e. The maximum absolute atomic E-state index is 10.8. The topological polar surface area (TPSA) is 103 Å². The number of ether oxygens (including phenoxy) is 1. The molecule has 0 spiro atoms. The van der Waals surface area contributed by atoms with E-state index in [1.807, 2.05) is 13.8 Å². The Balaban J connectivity index is 2.11. The fourth-order valence-corrected chi connectivity index (χ4v) is 1.76. The molecule has 1 heterocycles. The number of benzene rings is 1. The summed E-state index contributed by atoms with van der Waals surface area (Å²) in [5.74, 6) is 0.0813. The number of carboxylic acid groups (broad SMARTS) is 1. The molecule has 0 unspecified atom stereocenters. The molecule has 20 heavy (non-hydrogen) atoms. The summed E-state index contributed by atoms with van der Waals surface area (Å²) in [4.78, 5) is 14.9. The number of rotatable bonds is 5. The van der Waals surface area contributed by atoms with Crippen molar-refractivity contribution in [1.82, 2.24) is 14.8 Å². The molecular formula is C13H16N4O3. The number of aromatic carboxylic acids is 1. The van der Waals surface area contributed by atoms with E-state index >= 15 is 0 Å². The van der Waals surface area contributed by atoms with Crippen LogP contribution in [0.25, 0.3) is 0 Å². The van der Waals surface area contributed by atoms with Gasteiger partial charge < -0.3 is 15.6 Å². The molecule has 2 rings (SSSR count). The monoisotopic (exact) mass is 276 g/mol. The molecule has 1 aromatic carbocycles. The third kappa shape index (κ3) is 2.87. The molecule has 7 heteroatoms. The third-order valence-electron chi connectivity index (χ3n) is 2.75. The van der Waals surface area contributed by atoms with Gasteiger partial charge in [-0.25, -0.2) is 14.5 Å². The first-order valence-corrected chi connectivity index (χ1v) is 6.13. The summed E-state index contributed by atoms with van der Waals surface area (Å²) >= 11 is 0. The average molecular weight is 276 g/mol. The predicted molar refractivity (Wildman–Crippen MR) is 72.6 cm³/mol. The van der Waals surface area contributed by atoms with Crippen molar-refractivity contribution in [2.45, 2.75) is 26.5 Å². The van der Waals surface area contributed by atoms with Crippen LogP contribution >= 0.6 is 0 Å². The standard InChI is InChI=1S/C13H16N4O3/c1-8(2)17-12(15-7-16-17)6-20-11-4-3-9(13(18)19)5-10(11)14/h3-5,7-8H,6,14H2,1-2H3,(H,18,19). The fourth-order valence-electron chi connectivity index (χ4n) is 1.76. The van der Waals surface area contributed by atoms with Crippen LogP contribution in [0.1, 0.15) is 36.1 Å². The number of aromatic nitrogens is 3. The van der Waals surface area contributed by atoms with Crippen molar-refractivity contribution < 1.29 is 14.6 Å². The second-order valence-corrected chi connectivity index (χ2v) is 4.56. The summed E-state index contributed by atoms with van der Waals surface area (Å²) in [7, 11) is 0. The zero-order chi connectivity index (χ0) is 14.7. The zero-order valence-electron chi connectivity index (χ0n) is 11.3. The molecule has 0 aliphatic heterocycles. The van der Waals surface area contributed by atoms with Crippen LogP contribution in [0.15, 0.2) is 24.5 Å². The number of anilines is 1. The molecule has 0 amide bonds.